The highest BCUT2D eigenvalue weighted by Gasteiger charge is 2.42. The molecule has 1 aromatic heterocycles. The molecule has 5 nitrogen and oxygen atoms in total. The van der Waals surface area contributed by atoms with E-state index in [-0.39, 0.29) is 17.0 Å². The van der Waals surface area contributed by atoms with E-state index in [1.165, 1.54) is 48.8 Å². The molecule has 0 aliphatic carbocycles. The number of carbonyl (C=O) groups excluding carboxylic acids is 2. The number of benzene rings is 2. The van der Waals surface area contributed by atoms with Crippen molar-refractivity contribution in [2.45, 2.75) is 0 Å². The normalized spacial score (nSPS) is 14.0. The number of anilines is 2. The maximum absolute atomic E-state index is 13.3. The van der Waals surface area contributed by atoms with Crippen LogP contribution in [0.15, 0.2) is 65.7 Å². The molecule has 146 valence electrons. The molecule has 1 aliphatic rings. The minimum Gasteiger partial charge on any atom is -0.495 e. The number of halogens is 2. The fourth-order valence-corrected chi connectivity index (χ4v) is 3.96. The molecule has 0 bridgehead atoms. The first-order valence-electron chi connectivity index (χ1n) is 8.52. The summed E-state index contributed by atoms with van der Waals surface area (Å²) in [5.41, 5.74) is 1.07. The molecule has 1 N–H and O–H groups in total. The average molecular weight is 429 g/mol. The average Bonchev–Trinajstić information content (AvgIpc) is 3.30. The van der Waals surface area contributed by atoms with Crippen molar-refractivity contribution in [1.29, 1.82) is 0 Å². The number of carbonyl (C=O) groups is 2. The maximum Gasteiger partial charge on any atom is 0.282 e. The van der Waals surface area contributed by atoms with Crippen molar-refractivity contribution in [3.8, 4) is 5.75 Å². The summed E-state index contributed by atoms with van der Waals surface area (Å²) in [4.78, 5) is 28.3. The summed E-state index contributed by atoms with van der Waals surface area (Å²) in [6.45, 7) is 0. The summed E-state index contributed by atoms with van der Waals surface area (Å²) >= 11 is 7.44. The van der Waals surface area contributed by atoms with Crippen LogP contribution in [0.25, 0.3) is 5.57 Å². The van der Waals surface area contributed by atoms with Crippen LogP contribution in [0.5, 0.6) is 5.75 Å². The van der Waals surface area contributed by atoms with Crippen LogP contribution in [0, 0.1) is 5.82 Å². The number of imide groups is 1. The zero-order valence-electron chi connectivity index (χ0n) is 15.1. The van der Waals surface area contributed by atoms with Crippen molar-refractivity contribution in [2.75, 3.05) is 17.3 Å². The third-order valence-electron chi connectivity index (χ3n) is 4.35. The lowest BCUT2D eigenvalue weighted by Crippen LogP contribution is -2.32. The van der Waals surface area contributed by atoms with Gasteiger partial charge in [0.15, 0.2) is 0 Å². The van der Waals surface area contributed by atoms with Crippen molar-refractivity contribution in [1.82, 2.24) is 0 Å². The highest BCUT2D eigenvalue weighted by molar-refractivity contribution is 7.11. The Morgan fingerprint density at radius 1 is 1.07 bits per heavy atom. The van der Waals surface area contributed by atoms with Gasteiger partial charge in [0.05, 0.1) is 18.4 Å². The van der Waals surface area contributed by atoms with E-state index in [0.717, 1.165) is 4.90 Å². The standard InChI is InChI=1S/C21H14ClFN2O3S/c1-28-16-9-4-12(22)11-15(16)25-20(26)18(17-3-2-10-29-17)19(21(25)27)24-14-7-5-13(23)6-8-14/h2-11,24H,1H3. The van der Waals surface area contributed by atoms with E-state index in [1.54, 1.807) is 24.3 Å². The third-order valence-corrected chi connectivity index (χ3v) is 5.47. The lowest BCUT2D eigenvalue weighted by molar-refractivity contribution is -0.120. The molecule has 29 heavy (non-hydrogen) atoms. The fourth-order valence-electron chi connectivity index (χ4n) is 3.03. The minimum atomic E-state index is -0.553. The first kappa shape index (κ1) is 19.2. The summed E-state index contributed by atoms with van der Waals surface area (Å²) in [5, 5.41) is 5.15. The molecule has 0 saturated carbocycles. The van der Waals surface area contributed by atoms with E-state index in [0.29, 0.717) is 21.3 Å². The molecule has 3 aromatic rings. The van der Waals surface area contributed by atoms with Crippen LogP contribution in [0.1, 0.15) is 4.88 Å². The van der Waals surface area contributed by atoms with E-state index >= 15 is 0 Å². The number of rotatable bonds is 5. The van der Waals surface area contributed by atoms with Gasteiger partial charge in [-0.15, -0.1) is 11.3 Å². The Bertz CT molecular complexity index is 1130. The van der Waals surface area contributed by atoms with Crippen molar-refractivity contribution >= 4 is 51.7 Å². The highest BCUT2D eigenvalue weighted by atomic mass is 35.5. The van der Waals surface area contributed by atoms with Gasteiger partial charge in [-0.05, 0) is 53.9 Å². The van der Waals surface area contributed by atoms with Gasteiger partial charge in [0.1, 0.15) is 17.3 Å². The number of thiophene rings is 1. The Morgan fingerprint density at radius 3 is 2.48 bits per heavy atom. The van der Waals surface area contributed by atoms with Crippen molar-refractivity contribution in [3.05, 3.63) is 81.4 Å². The first-order valence-corrected chi connectivity index (χ1v) is 9.78. The number of hydrogen-bond donors (Lipinski definition) is 1. The van der Waals surface area contributed by atoms with E-state index in [9.17, 15) is 14.0 Å². The highest BCUT2D eigenvalue weighted by Crippen LogP contribution is 2.40. The molecule has 0 fully saturated rings. The van der Waals surface area contributed by atoms with Gasteiger partial charge < -0.3 is 10.1 Å². The number of amides is 2. The van der Waals surface area contributed by atoms with Crippen molar-refractivity contribution in [3.63, 3.8) is 0 Å². The van der Waals surface area contributed by atoms with Crippen LogP contribution in [-0.4, -0.2) is 18.9 Å². The predicted octanol–water partition coefficient (Wildman–Crippen LogP) is 4.95. The Labute approximate surface area is 175 Å². The summed E-state index contributed by atoms with van der Waals surface area (Å²) in [7, 11) is 1.45. The molecule has 0 saturated heterocycles. The number of ether oxygens (including phenoxy) is 1. The van der Waals surface area contributed by atoms with Crippen LogP contribution < -0.4 is 15.0 Å². The Hall–Kier alpha value is -3.16. The number of methoxy groups -OCH3 is 1. The molecule has 2 aromatic carbocycles. The molecule has 0 radical (unpaired) electrons. The topological polar surface area (TPSA) is 58.6 Å². The molecule has 0 unspecified atom stereocenters. The van der Waals surface area contributed by atoms with Crippen molar-refractivity contribution in [2.24, 2.45) is 0 Å². The fraction of sp³-hybridized carbons (Fsp3) is 0.0476. The Morgan fingerprint density at radius 2 is 1.83 bits per heavy atom. The summed E-state index contributed by atoms with van der Waals surface area (Å²) in [6, 6.07) is 13.8. The molecule has 4 rings (SSSR count). The lowest BCUT2D eigenvalue weighted by Gasteiger charge is -2.18. The van der Waals surface area contributed by atoms with Gasteiger partial charge in [0.25, 0.3) is 11.8 Å². The second-order valence-corrected chi connectivity index (χ2v) is 7.51. The van der Waals surface area contributed by atoms with Gasteiger partial charge in [-0.25, -0.2) is 9.29 Å². The zero-order valence-corrected chi connectivity index (χ0v) is 16.7. The molecular weight excluding hydrogens is 415 g/mol. The molecule has 0 atom stereocenters. The Balaban J connectivity index is 1.82. The van der Waals surface area contributed by atoms with E-state index in [2.05, 4.69) is 5.32 Å². The third kappa shape index (κ3) is 3.50. The predicted molar refractivity (Wildman–Crippen MR) is 112 cm³/mol. The molecule has 1 aliphatic heterocycles. The van der Waals surface area contributed by atoms with Crippen LogP contribution in [0.2, 0.25) is 5.02 Å². The smallest absolute Gasteiger partial charge is 0.282 e. The Kier molecular flexibility index (Phi) is 5.08. The lowest BCUT2D eigenvalue weighted by atomic mass is 10.2. The summed E-state index contributed by atoms with van der Waals surface area (Å²) < 4.78 is 18.6. The van der Waals surface area contributed by atoms with Crippen LogP contribution in [0.3, 0.4) is 0 Å². The van der Waals surface area contributed by atoms with Gasteiger partial charge in [-0.3, -0.25) is 9.59 Å². The van der Waals surface area contributed by atoms with Crippen LogP contribution in [-0.2, 0) is 9.59 Å². The second-order valence-electron chi connectivity index (χ2n) is 6.12. The monoisotopic (exact) mass is 428 g/mol. The van der Waals surface area contributed by atoms with Crippen molar-refractivity contribution < 1.29 is 18.7 Å². The molecule has 0 spiro atoms. The maximum atomic E-state index is 13.3. The zero-order chi connectivity index (χ0) is 20.5. The summed E-state index contributed by atoms with van der Waals surface area (Å²) in [5.74, 6) is -1.11. The van der Waals surface area contributed by atoms with Crippen LogP contribution >= 0.6 is 22.9 Å². The van der Waals surface area contributed by atoms with E-state index < -0.39 is 17.6 Å². The number of hydrogen-bond acceptors (Lipinski definition) is 5. The summed E-state index contributed by atoms with van der Waals surface area (Å²) in [6.07, 6.45) is 0. The van der Waals surface area contributed by atoms with Crippen LogP contribution in [0.4, 0.5) is 15.8 Å². The van der Waals surface area contributed by atoms with E-state index in [4.69, 9.17) is 16.3 Å². The largest absolute Gasteiger partial charge is 0.495 e. The molecule has 8 heteroatoms. The molecule has 2 amide bonds. The van der Waals surface area contributed by atoms with Gasteiger partial charge in [0.2, 0.25) is 0 Å². The molecule has 2 heterocycles. The minimum absolute atomic E-state index is 0.103. The van der Waals surface area contributed by atoms with E-state index in [1.807, 2.05) is 5.38 Å². The molecular formula is C21H14ClFN2O3S. The quantitative estimate of drug-likeness (QED) is 0.584. The van der Waals surface area contributed by atoms with Gasteiger partial charge in [-0.2, -0.15) is 0 Å². The van der Waals surface area contributed by atoms with Gasteiger partial charge >= 0.3 is 0 Å². The van der Waals surface area contributed by atoms with Gasteiger partial charge in [-0.1, -0.05) is 17.7 Å². The van der Waals surface area contributed by atoms with Gasteiger partial charge in [0, 0.05) is 15.6 Å². The SMILES string of the molecule is COc1ccc(Cl)cc1N1C(=O)C(Nc2ccc(F)cc2)=C(c2cccs2)C1=O. The number of nitrogens with zero attached hydrogens (tertiary/aromatic N) is 1. The second kappa shape index (κ2) is 7.69. The number of nitrogens with one attached hydrogen (secondary N) is 1. The first-order chi connectivity index (χ1) is 14.0.